The zero-order chi connectivity index (χ0) is 10.7. The second-order valence-electron chi connectivity index (χ2n) is 4.32. The van der Waals surface area contributed by atoms with Crippen LogP contribution in [0.4, 0.5) is 0 Å². The van der Waals surface area contributed by atoms with Crippen molar-refractivity contribution < 1.29 is 9.90 Å². The molecule has 0 unspecified atom stereocenters. The van der Waals surface area contributed by atoms with E-state index < -0.39 is 0 Å². The molecule has 0 heterocycles. The maximum absolute atomic E-state index is 11.3. The van der Waals surface area contributed by atoms with Crippen molar-refractivity contribution in [1.82, 2.24) is 0 Å². The molecule has 3 atom stereocenters. The topological polar surface area (TPSA) is 37.3 Å². The number of carbonyl (C=O) groups excluding carboxylic acids is 1. The molecule has 14 heavy (non-hydrogen) atoms. The average molecular weight is 196 g/mol. The van der Waals surface area contributed by atoms with E-state index in [-0.39, 0.29) is 23.7 Å². The van der Waals surface area contributed by atoms with Crippen LogP contribution in [-0.4, -0.2) is 17.0 Å². The molecule has 0 aliphatic heterocycles. The Balaban J connectivity index is 2.64. The second kappa shape index (κ2) is 4.74. The minimum absolute atomic E-state index is 0.141. The van der Waals surface area contributed by atoms with E-state index in [4.69, 9.17) is 0 Å². The van der Waals surface area contributed by atoms with Crippen LogP contribution in [0.1, 0.15) is 39.5 Å². The number of ketones is 1. The van der Waals surface area contributed by atoms with Crippen molar-refractivity contribution in [2.75, 3.05) is 0 Å². The maximum atomic E-state index is 11.3. The van der Waals surface area contributed by atoms with Crippen LogP contribution in [0.3, 0.4) is 0 Å². The van der Waals surface area contributed by atoms with Gasteiger partial charge in [-0.05, 0) is 32.6 Å². The van der Waals surface area contributed by atoms with Crippen LogP contribution in [0.15, 0.2) is 12.2 Å². The Morgan fingerprint density at radius 2 is 2.36 bits per heavy atom. The van der Waals surface area contributed by atoms with Crippen molar-refractivity contribution in [3.63, 3.8) is 0 Å². The van der Waals surface area contributed by atoms with Gasteiger partial charge in [0, 0.05) is 11.8 Å². The van der Waals surface area contributed by atoms with Gasteiger partial charge in [-0.2, -0.15) is 0 Å². The molecule has 0 bridgehead atoms. The standard InChI is InChI=1S/C12H20O2/c1-4-12(14)11-7-10(9(3)13)6-5-8(11)2/h10-12,14H,2,4-7H2,1,3H3/t10-,11-,12-/m1/s1. The lowest BCUT2D eigenvalue weighted by atomic mass is 9.74. The van der Waals surface area contributed by atoms with E-state index in [0.29, 0.717) is 0 Å². The first-order valence-electron chi connectivity index (χ1n) is 5.42. The second-order valence-corrected chi connectivity index (χ2v) is 4.32. The lowest BCUT2D eigenvalue weighted by molar-refractivity contribution is -0.122. The lowest BCUT2D eigenvalue weighted by Crippen LogP contribution is -2.30. The van der Waals surface area contributed by atoms with E-state index in [1.165, 1.54) is 0 Å². The van der Waals surface area contributed by atoms with Gasteiger partial charge in [0.05, 0.1) is 6.10 Å². The van der Waals surface area contributed by atoms with Crippen LogP contribution in [0, 0.1) is 11.8 Å². The van der Waals surface area contributed by atoms with Gasteiger partial charge in [0.1, 0.15) is 5.78 Å². The fourth-order valence-electron chi connectivity index (χ4n) is 2.22. The van der Waals surface area contributed by atoms with Gasteiger partial charge < -0.3 is 5.11 Å². The van der Waals surface area contributed by atoms with Crippen LogP contribution >= 0.6 is 0 Å². The third kappa shape index (κ3) is 2.44. The van der Waals surface area contributed by atoms with Crippen molar-refractivity contribution in [2.45, 2.75) is 45.6 Å². The summed E-state index contributed by atoms with van der Waals surface area (Å²) in [7, 11) is 0. The molecule has 1 aliphatic rings. The highest BCUT2D eigenvalue weighted by Crippen LogP contribution is 2.35. The number of hydrogen-bond donors (Lipinski definition) is 1. The summed E-state index contributed by atoms with van der Waals surface area (Å²) in [6.07, 6.45) is 3.04. The molecule has 0 aromatic rings. The van der Waals surface area contributed by atoms with Crippen molar-refractivity contribution in [3.05, 3.63) is 12.2 Å². The Bertz CT molecular complexity index is 232. The summed E-state index contributed by atoms with van der Waals surface area (Å²) in [5, 5.41) is 9.78. The largest absolute Gasteiger partial charge is 0.393 e. The van der Waals surface area contributed by atoms with Crippen LogP contribution < -0.4 is 0 Å². The Kier molecular flexibility index (Phi) is 3.87. The summed E-state index contributed by atoms with van der Waals surface area (Å²) in [6.45, 7) is 7.60. The number of aliphatic hydroxyl groups excluding tert-OH is 1. The van der Waals surface area contributed by atoms with E-state index in [9.17, 15) is 9.90 Å². The lowest BCUT2D eigenvalue weighted by Gasteiger charge is -2.32. The number of Topliss-reactive ketones (excluding diaryl/α,β-unsaturated/α-hetero) is 1. The Labute approximate surface area is 86.0 Å². The van der Waals surface area contributed by atoms with E-state index >= 15 is 0 Å². The molecule has 1 fully saturated rings. The van der Waals surface area contributed by atoms with Crippen LogP contribution in [0.5, 0.6) is 0 Å². The fraction of sp³-hybridized carbons (Fsp3) is 0.750. The van der Waals surface area contributed by atoms with Gasteiger partial charge in [-0.25, -0.2) is 0 Å². The summed E-state index contributed by atoms with van der Waals surface area (Å²) in [6, 6.07) is 0. The first-order chi connectivity index (χ1) is 6.56. The van der Waals surface area contributed by atoms with Gasteiger partial charge >= 0.3 is 0 Å². The summed E-state index contributed by atoms with van der Waals surface area (Å²) < 4.78 is 0. The third-order valence-electron chi connectivity index (χ3n) is 3.33. The molecule has 0 radical (unpaired) electrons. The van der Waals surface area contributed by atoms with Crippen molar-refractivity contribution in [3.8, 4) is 0 Å². The molecule has 0 spiro atoms. The Hall–Kier alpha value is -0.630. The monoisotopic (exact) mass is 196 g/mol. The highest BCUT2D eigenvalue weighted by molar-refractivity contribution is 5.78. The van der Waals surface area contributed by atoms with Gasteiger partial charge in [-0.3, -0.25) is 4.79 Å². The van der Waals surface area contributed by atoms with Crippen molar-refractivity contribution >= 4 is 5.78 Å². The van der Waals surface area contributed by atoms with E-state index in [1.54, 1.807) is 6.92 Å². The van der Waals surface area contributed by atoms with Crippen molar-refractivity contribution in [1.29, 1.82) is 0 Å². The molecule has 0 aromatic carbocycles. The molecule has 80 valence electrons. The molecular formula is C12H20O2. The zero-order valence-corrected chi connectivity index (χ0v) is 9.12. The van der Waals surface area contributed by atoms with E-state index in [2.05, 4.69) is 6.58 Å². The third-order valence-corrected chi connectivity index (χ3v) is 3.33. The summed E-state index contributed by atoms with van der Waals surface area (Å²) in [5.74, 6) is 0.542. The molecule has 1 aliphatic carbocycles. The Morgan fingerprint density at radius 1 is 1.71 bits per heavy atom. The van der Waals surface area contributed by atoms with E-state index in [0.717, 1.165) is 31.3 Å². The predicted molar refractivity (Wildman–Crippen MR) is 56.9 cm³/mol. The SMILES string of the molecule is C=C1CC[C@@H](C(C)=O)C[C@H]1[C@H](O)CC. The van der Waals surface area contributed by atoms with Crippen molar-refractivity contribution in [2.24, 2.45) is 11.8 Å². The Morgan fingerprint density at radius 3 is 2.86 bits per heavy atom. The first-order valence-corrected chi connectivity index (χ1v) is 5.42. The van der Waals surface area contributed by atoms with Crippen LogP contribution in [0.25, 0.3) is 0 Å². The van der Waals surface area contributed by atoms with Gasteiger partial charge in [-0.1, -0.05) is 19.1 Å². The predicted octanol–water partition coefficient (Wildman–Crippen LogP) is 2.32. The normalized spacial score (nSPS) is 30.1. The van der Waals surface area contributed by atoms with E-state index in [1.807, 2.05) is 6.92 Å². The molecule has 0 amide bonds. The number of hydrogen-bond acceptors (Lipinski definition) is 2. The van der Waals surface area contributed by atoms with Crippen LogP contribution in [0.2, 0.25) is 0 Å². The smallest absolute Gasteiger partial charge is 0.132 e. The molecular weight excluding hydrogens is 176 g/mol. The molecule has 1 N–H and O–H groups in total. The summed E-state index contributed by atoms with van der Waals surface area (Å²) in [5.41, 5.74) is 1.12. The zero-order valence-electron chi connectivity index (χ0n) is 9.12. The van der Waals surface area contributed by atoms with Gasteiger partial charge in [0.25, 0.3) is 0 Å². The number of aliphatic hydroxyl groups is 1. The van der Waals surface area contributed by atoms with Crippen LogP contribution in [-0.2, 0) is 4.79 Å². The molecule has 2 nitrogen and oxygen atoms in total. The quantitative estimate of drug-likeness (QED) is 0.703. The van der Waals surface area contributed by atoms with Gasteiger partial charge in [0.15, 0.2) is 0 Å². The highest BCUT2D eigenvalue weighted by Gasteiger charge is 2.30. The summed E-state index contributed by atoms with van der Waals surface area (Å²) in [4.78, 5) is 11.3. The molecule has 2 heteroatoms. The van der Waals surface area contributed by atoms with Gasteiger partial charge in [-0.15, -0.1) is 0 Å². The molecule has 0 aromatic heterocycles. The minimum Gasteiger partial charge on any atom is -0.393 e. The average Bonchev–Trinajstić information content (AvgIpc) is 2.17. The number of rotatable bonds is 3. The molecule has 1 saturated carbocycles. The maximum Gasteiger partial charge on any atom is 0.132 e. The molecule has 1 rings (SSSR count). The van der Waals surface area contributed by atoms with Gasteiger partial charge in [0.2, 0.25) is 0 Å². The minimum atomic E-state index is -0.315. The summed E-state index contributed by atoms with van der Waals surface area (Å²) >= 11 is 0. The first kappa shape index (κ1) is 11.4. The fourth-order valence-corrected chi connectivity index (χ4v) is 2.22. The molecule has 0 saturated heterocycles. The highest BCUT2D eigenvalue weighted by atomic mass is 16.3. The number of carbonyl (C=O) groups is 1.